The fourth-order valence-corrected chi connectivity index (χ4v) is 6.34. The molecular formula is C36H26O2. The van der Waals surface area contributed by atoms with Crippen molar-refractivity contribution in [3.05, 3.63) is 143 Å². The molecule has 2 heterocycles. The zero-order chi connectivity index (χ0) is 25.1. The van der Waals surface area contributed by atoms with Crippen molar-refractivity contribution in [3.63, 3.8) is 0 Å². The maximum absolute atomic E-state index is 6.78. The normalized spacial score (nSPS) is 16.0. The van der Waals surface area contributed by atoms with Crippen LogP contribution >= 0.6 is 0 Å². The molecule has 6 aromatic rings. The largest absolute Gasteiger partial charge is 0.464 e. The average molecular weight is 491 g/mol. The summed E-state index contributed by atoms with van der Waals surface area (Å²) in [5, 5.41) is 1.16. The van der Waals surface area contributed by atoms with E-state index in [4.69, 9.17) is 8.83 Å². The highest BCUT2D eigenvalue weighted by molar-refractivity contribution is 6.03. The van der Waals surface area contributed by atoms with Crippen LogP contribution in [-0.2, 0) is 12.8 Å². The minimum Gasteiger partial charge on any atom is -0.464 e. The fraction of sp³-hybridized carbons (Fsp3) is 0.111. The molecule has 0 saturated heterocycles. The summed E-state index contributed by atoms with van der Waals surface area (Å²) in [4.78, 5) is 0. The lowest BCUT2D eigenvalue weighted by Crippen LogP contribution is -2.10. The van der Waals surface area contributed by atoms with E-state index in [1.54, 1.807) is 0 Å². The van der Waals surface area contributed by atoms with Gasteiger partial charge in [0.05, 0.1) is 0 Å². The number of benzene rings is 4. The SMILES string of the molecule is C1=C(c2ccccc2)CCc2oc3c(c21)-c1c(oc2ccc(-c4ccccc4)cc12)CC3c1ccccc1. The van der Waals surface area contributed by atoms with E-state index in [-0.39, 0.29) is 5.92 Å². The van der Waals surface area contributed by atoms with Gasteiger partial charge < -0.3 is 8.83 Å². The highest BCUT2D eigenvalue weighted by atomic mass is 16.3. The molecule has 1 atom stereocenters. The number of furan rings is 2. The molecule has 2 aliphatic carbocycles. The first-order valence-corrected chi connectivity index (χ1v) is 13.4. The van der Waals surface area contributed by atoms with Crippen LogP contribution in [0.1, 0.15) is 46.3 Å². The first kappa shape index (κ1) is 21.5. The Morgan fingerprint density at radius 1 is 0.579 bits per heavy atom. The van der Waals surface area contributed by atoms with Crippen molar-refractivity contribution in [2.75, 3.05) is 0 Å². The van der Waals surface area contributed by atoms with Gasteiger partial charge in [0.2, 0.25) is 0 Å². The Kier molecular flexibility index (Phi) is 4.81. The molecule has 0 N–H and O–H groups in total. The molecule has 0 fully saturated rings. The van der Waals surface area contributed by atoms with Crippen LogP contribution < -0.4 is 0 Å². The molecular weight excluding hydrogens is 464 g/mol. The first-order valence-electron chi connectivity index (χ1n) is 13.4. The van der Waals surface area contributed by atoms with Crippen molar-refractivity contribution in [2.24, 2.45) is 0 Å². The van der Waals surface area contributed by atoms with Gasteiger partial charge in [-0.1, -0.05) is 97.1 Å². The average Bonchev–Trinajstić information content (AvgIpc) is 3.55. The molecule has 0 spiro atoms. The molecule has 2 heteroatoms. The fourth-order valence-electron chi connectivity index (χ4n) is 6.34. The zero-order valence-electron chi connectivity index (χ0n) is 21.0. The van der Waals surface area contributed by atoms with Gasteiger partial charge in [-0.05, 0) is 52.5 Å². The number of hydrogen-bond donors (Lipinski definition) is 0. The minimum atomic E-state index is 0.132. The van der Waals surface area contributed by atoms with E-state index in [0.29, 0.717) is 0 Å². The van der Waals surface area contributed by atoms with Crippen LogP contribution in [0.25, 0.3) is 44.9 Å². The van der Waals surface area contributed by atoms with Gasteiger partial charge in [-0.25, -0.2) is 0 Å². The maximum atomic E-state index is 6.78. The third-order valence-electron chi connectivity index (χ3n) is 8.16. The molecule has 8 rings (SSSR count). The van der Waals surface area contributed by atoms with Crippen LogP contribution in [0.4, 0.5) is 0 Å². The van der Waals surface area contributed by atoms with E-state index in [0.717, 1.165) is 47.5 Å². The van der Waals surface area contributed by atoms with E-state index >= 15 is 0 Å². The molecule has 38 heavy (non-hydrogen) atoms. The highest BCUT2D eigenvalue weighted by Crippen LogP contribution is 2.52. The molecule has 0 aliphatic heterocycles. The quantitative estimate of drug-likeness (QED) is 0.247. The van der Waals surface area contributed by atoms with Crippen molar-refractivity contribution >= 4 is 22.6 Å². The summed E-state index contributed by atoms with van der Waals surface area (Å²) in [5.41, 5.74) is 10.9. The summed E-state index contributed by atoms with van der Waals surface area (Å²) in [7, 11) is 0. The Hall–Kier alpha value is -4.56. The van der Waals surface area contributed by atoms with Crippen LogP contribution in [0.5, 0.6) is 0 Å². The predicted molar refractivity (Wildman–Crippen MR) is 154 cm³/mol. The second kappa shape index (κ2) is 8.49. The van der Waals surface area contributed by atoms with Gasteiger partial charge in [0.25, 0.3) is 0 Å². The molecule has 2 aliphatic rings. The van der Waals surface area contributed by atoms with Gasteiger partial charge in [0.15, 0.2) is 0 Å². The minimum absolute atomic E-state index is 0.132. The summed E-state index contributed by atoms with van der Waals surface area (Å²) in [5.74, 6) is 3.35. The standard InChI is InChI=1S/C36H26O2/c1-4-10-23(11-5-1)26-16-18-31-29(20-26)34-33(37-31)22-28(25-14-8-3-9-15-25)36-35(34)30-21-27(17-19-32(30)38-36)24-12-6-2-7-13-24/h1-16,18,20-21,28H,17,19,22H2. The Morgan fingerprint density at radius 3 is 2.05 bits per heavy atom. The molecule has 0 radical (unpaired) electrons. The van der Waals surface area contributed by atoms with Crippen LogP contribution in [0.15, 0.2) is 118 Å². The zero-order valence-corrected chi connectivity index (χ0v) is 21.0. The summed E-state index contributed by atoms with van der Waals surface area (Å²) < 4.78 is 13.4. The van der Waals surface area contributed by atoms with Crippen molar-refractivity contribution in [1.82, 2.24) is 0 Å². The van der Waals surface area contributed by atoms with Crippen LogP contribution in [0.2, 0.25) is 0 Å². The van der Waals surface area contributed by atoms with Crippen LogP contribution in [0.3, 0.4) is 0 Å². The van der Waals surface area contributed by atoms with Crippen molar-refractivity contribution in [2.45, 2.75) is 25.2 Å². The van der Waals surface area contributed by atoms with Crippen molar-refractivity contribution in [1.29, 1.82) is 0 Å². The molecule has 0 saturated carbocycles. The van der Waals surface area contributed by atoms with E-state index in [2.05, 4.69) is 115 Å². The monoisotopic (exact) mass is 490 g/mol. The van der Waals surface area contributed by atoms with Crippen LogP contribution in [0, 0.1) is 0 Å². The smallest absolute Gasteiger partial charge is 0.134 e. The van der Waals surface area contributed by atoms with Gasteiger partial charge in [-0.3, -0.25) is 0 Å². The number of fused-ring (bicyclic) bond motifs is 7. The summed E-state index contributed by atoms with van der Waals surface area (Å²) in [6, 6.07) is 38.6. The molecule has 2 aromatic heterocycles. The third-order valence-corrected chi connectivity index (χ3v) is 8.16. The maximum Gasteiger partial charge on any atom is 0.134 e. The molecule has 0 amide bonds. The third kappa shape index (κ3) is 3.34. The van der Waals surface area contributed by atoms with Gasteiger partial charge >= 0.3 is 0 Å². The van der Waals surface area contributed by atoms with Gasteiger partial charge in [-0.2, -0.15) is 0 Å². The second-order valence-electron chi connectivity index (χ2n) is 10.4. The lowest BCUT2D eigenvalue weighted by Gasteiger charge is -2.22. The summed E-state index contributed by atoms with van der Waals surface area (Å²) in [6.07, 6.45) is 5.05. The van der Waals surface area contributed by atoms with E-state index < -0.39 is 0 Å². The highest BCUT2D eigenvalue weighted by Gasteiger charge is 2.37. The van der Waals surface area contributed by atoms with E-state index in [9.17, 15) is 0 Å². The Labute approximate surface area is 221 Å². The first-order chi connectivity index (χ1) is 18.8. The van der Waals surface area contributed by atoms with Gasteiger partial charge in [0, 0.05) is 40.8 Å². The van der Waals surface area contributed by atoms with Crippen LogP contribution in [-0.4, -0.2) is 0 Å². The summed E-state index contributed by atoms with van der Waals surface area (Å²) in [6.45, 7) is 0. The molecule has 0 bridgehead atoms. The lowest BCUT2D eigenvalue weighted by molar-refractivity contribution is 0.429. The van der Waals surface area contributed by atoms with Gasteiger partial charge in [0.1, 0.15) is 22.9 Å². The van der Waals surface area contributed by atoms with Gasteiger partial charge in [-0.15, -0.1) is 0 Å². The van der Waals surface area contributed by atoms with Crippen molar-refractivity contribution in [3.8, 4) is 22.3 Å². The number of allylic oxidation sites excluding steroid dienone is 1. The van der Waals surface area contributed by atoms with E-state index in [1.165, 1.54) is 44.5 Å². The van der Waals surface area contributed by atoms with Crippen molar-refractivity contribution < 1.29 is 8.83 Å². The number of hydrogen-bond acceptors (Lipinski definition) is 2. The van der Waals surface area contributed by atoms with E-state index in [1.807, 2.05) is 0 Å². The Balaban J connectivity index is 1.38. The topological polar surface area (TPSA) is 26.3 Å². The Bertz CT molecular complexity index is 1820. The predicted octanol–water partition coefficient (Wildman–Crippen LogP) is 9.53. The number of aryl methyl sites for hydroxylation is 1. The molecule has 4 aromatic carbocycles. The summed E-state index contributed by atoms with van der Waals surface area (Å²) >= 11 is 0. The second-order valence-corrected chi connectivity index (χ2v) is 10.4. The molecule has 182 valence electrons. The lowest BCUT2D eigenvalue weighted by atomic mass is 9.79. The Morgan fingerprint density at radius 2 is 1.29 bits per heavy atom. The molecule has 1 unspecified atom stereocenters. The number of rotatable bonds is 3. The molecule has 2 nitrogen and oxygen atoms in total.